The number of carbonyl (C=O) groups excluding carboxylic acids is 2. The molecule has 0 bridgehead atoms. The summed E-state index contributed by atoms with van der Waals surface area (Å²) in [7, 11) is 0. The maximum Gasteiger partial charge on any atom is 0.253 e. The molecule has 1 aromatic carbocycles. The molecule has 0 spiro atoms. The minimum absolute atomic E-state index is 0.0950. The number of amides is 2. The molecule has 0 unspecified atom stereocenters. The van der Waals surface area contributed by atoms with Crippen LogP contribution in [0.4, 0.5) is 0 Å². The topological polar surface area (TPSA) is 71.1 Å². The third kappa shape index (κ3) is 3.56. The third-order valence-corrected chi connectivity index (χ3v) is 4.06. The Kier molecular flexibility index (Phi) is 4.37. The van der Waals surface area contributed by atoms with E-state index in [4.69, 9.17) is 0 Å². The van der Waals surface area contributed by atoms with Crippen molar-refractivity contribution in [1.29, 1.82) is 0 Å². The molecule has 1 aromatic heterocycles. The molecule has 1 aliphatic carbocycles. The first-order chi connectivity index (χ1) is 11.1. The molecule has 118 valence electrons. The van der Waals surface area contributed by atoms with Gasteiger partial charge in [-0.3, -0.25) is 14.6 Å². The zero-order chi connectivity index (χ0) is 16.2. The summed E-state index contributed by atoms with van der Waals surface area (Å²) in [5, 5.41) is 5.71. The number of hydrogen-bond donors (Lipinski definition) is 2. The highest BCUT2D eigenvalue weighted by Crippen LogP contribution is 2.21. The zero-order valence-corrected chi connectivity index (χ0v) is 13.0. The van der Waals surface area contributed by atoms with Crippen LogP contribution in [0.25, 0.3) is 0 Å². The summed E-state index contributed by atoms with van der Waals surface area (Å²) in [4.78, 5) is 28.2. The number of rotatable bonds is 4. The molecule has 2 aromatic rings. The minimum Gasteiger partial charge on any atom is -0.351 e. The van der Waals surface area contributed by atoms with E-state index in [2.05, 4.69) is 27.8 Å². The number of nitrogens with one attached hydrogen (secondary N) is 2. The van der Waals surface area contributed by atoms with Gasteiger partial charge in [-0.2, -0.15) is 0 Å². The Balaban J connectivity index is 1.54. The van der Waals surface area contributed by atoms with E-state index in [1.165, 1.54) is 17.3 Å². The van der Waals surface area contributed by atoms with Crippen LogP contribution in [0.5, 0.6) is 0 Å². The summed E-state index contributed by atoms with van der Waals surface area (Å²) in [6, 6.07) is 11.1. The molecular weight excluding hydrogens is 290 g/mol. The van der Waals surface area contributed by atoms with Crippen molar-refractivity contribution in [2.45, 2.75) is 31.8 Å². The van der Waals surface area contributed by atoms with Crippen molar-refractivity contribution in [3.63, 3.8) is 0 Å². The molecule has 3 rings (SSSR count). The van der Waals surface area contributed by atoms with Gasteiger partial charge in [0.1, 0.15) is 6.04 Å². The van der Waals surface area contributed by atoms with E-state index in [9.17, 15) is 9.59 Å². The van der Waals surface area contributed by atoms with Crippen molar-refractivity contribution in [3.05, 3.63) is 65.5 Å². The predicted molar refractivity (Wildman–Crippen MR) is 86.9 cm³/mol. The van der Waals surface area contributed by atoms with Crippen molar-refractivity contribution in [2.24, 2.45) is 0 Å². The lowest BCUT2D eigenvalue weighted by Crippen LogP contribution is -2.48. The number of benzene rings is 1. The summed E-state index contributed by atoms with van der Waals surface area (Å²) in [5.74, 6) is -0.462. The molecule has 2 N–H and O–H groups in total. The maximum absolute atomic E-state index is 12.3. The molecule has 1 atom stereocenters. The fraction of sp³-hybridized carbons (Fsp3) is 0.278. The van der Waals surface area contributed by atoms with E-state index in [0.717, 1.165) is 12.8 Å². The Morgan fingerprint density at radius 1 is 1.13 bits per heavy atom. The summed E-state index contributed by atoms with van der Waals surface area (Å²) >= 11 is 0. The van der Waals surface area contributed by atoms with Gasteiger partial charge in [0.2, 0.25) is 5.91 Å². The Labute approximate surface area is 135 Å². The summed E-state index contributed by atoms with van der Waals surface area (Å²) < 4.78 is 0. The molecule has 0 saturated carbocycles. The first-order valence-electron chi connectivity index (χ1n) is 7.71. The van der Waals surface area contributed by atoms with E-state index in [0.29, 0.717) is 5.56 Å². The smallest absolute Gasteiger partial charge is 0.253 e. The summed E-state index contributed by atoms with van der Waals surface area (Å²) in [5.41, 5.74) is 3.01. The second kappa shape index (κ2) is 6.60. The first kappa shape index (κ1) is 15.2. The highest BCUT2D eigenvalue weighted by atomic mass is 16.2. The van der Waals surface area contributed by atoms with Gasteiger partial charge in [-0.1, -0.05) is 24.3 Å². The Morgan fingerprint density at radius 2 is 1.83 bits per heavy atom. The van der Waals surface area contributed by atoms with Crippen LogP contribution >= 0.6 is 0 Å². The molecule has 0 aliphatic heterocycles. The molecule has 1 aliphatic rings. The van der Waals surface area contributed by atoms with Crippen LogP contribution in [0, 0.1) is 0 Å². The molecular formula is C18H19N3O2. The summed E-state index contributed by atoms with van der Waals surface area (Å²) in [6.07, 6.45) is 4.76. The fourth-order valence-corrected chi connectivity index (χ4v) is 2.83. The van der Waals surface area contributed by atoms with Crippen LogP contribution in [0.15, 0.2) is 48.8 Å². The lowest BCUT2D eigenvalue weighted by Gasteiger charge is -2.17. The molecule has 0 radical (unpaired) electrons. The maximum atomic E-state index is 12.3. The van der Waals surface area contributed by atoms with Gasteiger partial charge in [-0.15, -0.1) is 0 Å². The Bertz CT molecular complexity index is 690. The molecule has 5 heteroatoms. The first-order valence-corrected chi connectivity index (χ1v) is 7.71. The van der Waals surface area contributed by atoms with Crippen molar-refractivity contribution >= 4 is 11.8 Å². The van der Waals surface area contributed by atoms with Crippen molar-refractivity contribution in [3.8, 4) is 0 Å². The molecule has 0 fully saturated rings. The monoisotopic (exact) mass is 309 g/mol. The van der Waals surface area contributed by atoms with E-state index >= 15 is 0 Å². The Morgan fingerprint density at radius 3 is 2.43 bits per heavy atom. The van der Waals surface area contributed by atoms with Crippen LogP contribution in [-0.4, -0.2) is 28.9 Å². The largest absolute Gasteiger partial charge is 0.351 e. The third-order valence-electron chi connectivity index (χ3n) is 4.06. The van der Waals surface area contributed by atoms with Gasteiger partial charge in [-0.25, -0.2) is 0 Å². The van der Waals surface area contributed by atoms with Gasteiger partial charge in [-0.05, 0) is 43.0 Å². The van der Waals surface area contributed by atoms with E-state index in [-0.39, 0.29) is 17.9 Å². The zero-order valence-electron chi connectivity index (χ0n) is 13.0. The number of aromatic nitrogens is 1. The second-order valence-corrected chi connectivity index (χ2v) is 5.82. The molecule has 1 heterocycles. The predicted octanol–water partition coefficient (Wildman–Crippen LogP) is 1.48. The highest BCUT2D eigenvalue weighted by Gasteiger charge is 2.25. The quantitative estimate of drug-likeness (QED) is 0.899. The number of pyridine rings is 1. The standard InChI is InChI=1S/C18H19N3O2/c1-12(20-18(23)15-7-4-8-19-11-15)17(22)21-16-9-13-5-2-3-6-14(13)10-16/h2-8,11-12,16H,9-10H2,1H3,(H,20,23)(H,21,22)/t12-/m0/s1. The molecule has 0 saturated heterocycles. The van der Waals surface area contributed by atoms with Crippen LogP contribution in [0.2, 0.25) is 0 Å². The lowest BCUT2D eigenvalue weighted by molar-refractivity contribution is -0.123. The summed E-state index contributed by atoms with van der Waals surface area (Å²) in [6.45, 7) is 1.69. The minimum atomic E-state index is -0.591. The SMILES string of the molecule is C[C@H](NC(=O)c1cccnc1)C(=O)NC1Cc2ccccc2C1. The van der Waals surface area contributed by atoms with E-state index in [1.807, 2.05) is 12.1 Å². The second-order valence-electron chi connectivity index (χ2n) is 5.82. The number of hydrogen-bond acceptors (Lipinski definition) is 3. The molecule has 2 amide bonds. The average molecular weight is 309 g/mol. The average Bonchev–Trinajstić information content (AvgIpc) is 2.97. The van der Waals surface area contributed by atoms with Gasteiger partial charge in [0.25, 0.3) is 5.91 Å². The van der Waals surface area contributed by atoms with Crippen LogP contribution in [0.1, 0.15) is 28.4 Å². The van der Waals surface area contributed by atoms with Crippen LogP contribution in [0.3, 0.4) is 0 Å². The van der Waals surface area contributed by atoms with Gasteiger partial charge in [0.05, 0.1) is 5.56 Å². The highest BCUT2D eigenvalue weighted by molar-refractivity contribution is 5.97. The Hall–Kier alpha value is -2.69. The number of nitrogens with zero attached hydrogens (tertiary/aromatic N) is 1. The van der Waals surface area contributed by atoms with Gasteiger partial charge < -0.3 is 10.6 Å². The normalized spacial score (nSPS) is 14.8. The van der Waals surface area contributed by atoms with E-state index < -0.39 is 6.04 Å². The molecule has 5 nitrogen and oxygen atoms in total. The number of carbonyl (C=O) groups is 2. The van der Waals surface area contributed by atoms with Gasteiger partial charge in [0.15, 0.2) is 0 Å². The molecule has 23 heavy (non-hydrogen) atoms. The lowest BCUT2D eigenvalue weighted by atomic mass is 10.1. The van der Waals surface area contributed by atoms with Crippen molar-refractivity contribution in [1.82, 2.24) is 15.6 Å². The van der Waals surface area contributed by atoms with Gasteiger partial charge >= 0.3 is 0 Å². The van der Waals surface area contributed by atoms with E-state index in [1.54, 1.807) is 25.3 Å². The number of fused-ring (bicyclic) bond motifs is 1. The van der Waals surface area contributed by atoms with Crippen molar-refractivity contribution < 1.29 is 9.59 Å². The van der Waals surface area contributed by atoms with Crippen LogP contribution < -0.4 is 10.6 Å². The van der Waals surface area contributed by atoms with Crippen molar-refractivity contribution in [2.75, 3.05) is 0 Å². The van der Waals surface area contributed by atoms with Crippen LogP contribution in [-0.2, 0) is 17.6 Å². The van der Waals surface area contributed by atoms with Gasteiger partial charge in [0, 0.05) is 18.4 Å². The fourth-order valence-electron chi connectivity index (χ4n) is 2.83.